The topological polar surface area (TPSA) is 78.9 Å². The Balaban J connectivity index is 4.33. The Kier molecular flexibility index (Phi) is 40.8. The second-order valence-corrected chi connectivity index (χ2v) is 17.2. The van der Waals surface area contributed by atoms with Gasteiger partial charge in [0, 0.05) is 19.3 Å². The Morgan fingerprint density at radius 1 is 0.364 bits per heavy atom. The van der Waals surface area contributed by atoms with Crippen molar-refractivity contribution in [2.24, 2.45) is 11.8 Å². The van der Waals surface area contributed by atoms with E-state index >= 15 is 0 Å². The SMILES string of the molecule is CCCCCCCCCCCCCC(=O)O[C@@H](COC(=O)CCCCCCCCCCCCC(C)CC)COC(=O)CCCCCCCCCCC(C)CC. The van der Waals surface area contributed by atoms with Crippen LogP contribution >= 0.6 is 0 Å². The van der Waals surface area contributed by atoms with Crippen LogP contribution in [0.25, 0.3) is 0 Å². The number of hydrogen-bond donors (Lipinski definition) is 0. The molecule has 0 rings (SSSR count). The summed E-state index contributed by atoms with van der Waals surface area (Å²) < 4.78 is 16.8. The van der Waals surface area contributed by atoms with Gasteiger partial charge in [0.15, 0.2) is 6.10 Å². The van der Waals surface area contributed by atoms with Crippen molar-refractivity contribution >= 4 is 17.9 Å². The van der Waals surface area contributed by atoms with Gasteiger partial charge in [-0.25, -0.2) is 0 Å². The number of carbonyl (C=O) groups excluding carboxylic acids is 3. The molecule has 0 heterocycles. The minimum absolute atomic E-state index is 0.0647. The van der Waals surface area contributed by atoms with Crippen LogP contribution < -0.4 is 0 Å². The van der Waals surface area contributed by atoms with Gasteiger partial charge in [-0.2, -0.15) is 0 Å². The lowest BCUT2D eigenvalue weighted by molar-refractivity contribution is -0.167. The Morgan fingerprint density at radius 3 is 0.945 bits per heavy atom. The van der Waals surface area contributed by atoms with Gasteiger partial charge in [0.25, 0.3) is 0 Å². The van der Waals surface area contributed by atoms with E-state index in [1.165, 1.54) is 154 Å². The van der Waals surface area contributed by atoms with Gasteiger partial charge >= 0.3 is 17.9 Å². The Hall–Kier alpha value is -1.59. The molecule has 0 aromatic heterocycles. The number of unbranched alkanes of at least 4 members (excludes halogenated alkanes) is 26. The van der Waals surface area contributed by atoms with Crippen molar-refractivity contribution in [2.75, 3.05) is 13.2 Å². The molecule has 0 bridgehead atoms. The van der Waals surface area contributed by atoms with E-state index < -0.39 is 6.10 Å². The molecule has 0 spiro atoms. The minimum atomic E-state index is -0.761. The van der Waals surface area contributed by atoms with Gasteiger partial charge in [-0.05, 0) is 31.1 Å². The fraction of sp³-hybridized carbons (Fsp3) is 0.939. The van der Waals surface area contributed by atoms with Crippen LogP contribution in [-0.2, 0) is 28.6 Å². The van der Waals surface area contributed by atoms with Gasteiger partial charge in [-0.1, -0.05) is 227 Å². The van der Waals surface area contributed by atoms with Gasteiger partial charge in [-0.15, -0.1) is 0 Å². The maximum Gasteiger partial charge on any atom is 0.306 e. The monoisotopic (exact) mass is 779 g/mol. The van der Waals surface area contributed by atoms with E-state index in [1.807, 2.05) is 0 Å². The first-order valence-electron chi connectivity index (χ1n) is 24.3. The van der Waals surface area contributed by atoms with Crippen LogP contribution in [-0.4, -0.2) is 37.2 Å². The van der Waals surface area contributed by atoms with Crippen molar-refractivity contribution in [3.63, 3.8) is 0 Å². The highest BCUT2D eigenvalue weighted by Gasteiger charge is 2.19. The van der Waals surface area contributed by atoms with Gasteiger partial charge in [0.2, 0.25) is 0 Å². The standard InChI is InChI=1S/C49H94O6/c1-6-9-10-11-12-13-14-19-26-31-36-41-49(52)55-46(43-54-48(51)40-35-30-25-21-20-23-28-33-38-45(5)8-3)42-53-47(50)39-34-29-24-18-16-15-17-22-27-32-37-44(4)7-2/h44-46H,6-43H2,1-5H3/t44?,45?,46-/m0/s1. The smallest absolute Gasteiger partial charge is 0.306 e. The van der Waals surface area contributed by atoms with Gasteiger partial charge < -0.3 is 14.2 Å². The fourth-order valence-corrected chi connectivity index (χ4v) is 7.22. The Bertz CT molecular complexity index is 843. The van der Waals surface area contributed by atoms with Gasteiger partial charge in [-0.3, -0.25) is 14.4 Å². The summed E-state index contributed by atoms with van der Waals surface area (Å²) in [6, 6.07) is 0. The van der Waals surface area contributed by atoms with Crippen LogP contribution in [0.1, 0.15) is 266 Å². The summed E-state index contributed by atoms with van der Waals surface area (Å²) in [5.74, 6) is 0.863. The van der Waals surface area contributed by atoms with E-state index in [2.05, 4.69) is 34.6 Å². The summed E-state index contributed by atoms with van der Waals surface area (Å²) in [6.45, 7) is 11.4. The lowest BCUT2D eigenvalue weighted by Gasteiger charge is -2.18. The average molecular weight is 779 g/mol. The summed E-state index contributed by atoms with van der Waals surface area (Å²) >= 11 is 0. The third-order valence-electron chi connectivity index (χ3n) is 11.7. The molecule has 0 radical (unpaired) electrons. The zero-order valence-corrected chi connectivity index (χ0v) is 37.6. The van der Waals surface area contributed by atoms with E-state index in [1.54, 1.807) is 0 Å². The summed E-state index contributed by atoms with van der Waals surface area (Å²) in [5.41, 5.74) is 0. The van der Waals surface area contributed by atoms with E-state index in [0.717, 1.165) is 69.6 Å². The molecule has 0 aliphatic rings. The number of esters is 3. The van der Waals surface area contributed by atoms with Crippen molar-refractivity contribution in [2.45, 2.75) is 272 Å². The number of ether oxygens (including phenoxy) is 3. The third kappa shape index (κ3) is 40.4. The molecular formula is C49H94O6. The van der Waals surface area contributed by atoms with Crippen molar-refractivity contribution in [1.82, 2.24) is 0 Å². The summed E-state index contributed by atoms with van der Waals surface area (Å²) in [6.07, 6.45) is 40.7. The molecule has 0 N–H and O–H groups in total. The molecule has 0 aliphatic heterocycles. The van der Waals surface area contributed by atoms with Crippen LogP contribution in [0.3, 0.4) is 0 Å². The highest BCUT2D eigenvalue weighted by Crippen LogP contribution is 2.18. The van der Waals surface area contributed by atoms with Crippen molar-refractivity contribution < 1.29 is 28.6 Å². The summed E-state index contributed by atoms with van der Waals surface area (Å²) in [5, 5.41) is 0. The molecule has 2 unspecified atom stereocenters. The predicted octanol–water partition coefficient (Wildman–Crippen LogP) is 15.4. The first-order chi connectivity index (χ1) is 26.8. The highest BCUT2D eigenvalue weighted by molar-refractivity contribution is 5.71. The van der Waals surface area contributed by atoms with Gasteiger partial charge in [0.05, 0.1) is 0 Å². The molecule has 3 atom stereocenters. The molecule has 0 fully saturated rings. The second kappa shape index (κ2) is 42.0. The third-order valence-corrected chi connectivity index (χ3v) is 11.7. The van der Waals surface area contributed by atoms with Gasteiger partial charge in [0.1, 0.15) is 13.2 Å². The predicted molar refractivity (Wildman–Crippen MR) is 233 cm³/mol. The maximum absolute atomic E-state index is 12.7. The lowest BCUT2D eigenvalue weighted by atomic mass is 9.99. The van der Waals surface area contributed by atoms with Crippen LogP contribution in [0.5, 0.6) is 0 Å². The quantitative estimate of drug-likeness (QED) is 0.0348. The first kappa shape index (κ1) is 53.4. The highest BCUT2D eigenvalue weighted by atomic mass is 16.6. The van der Waals surface area contributed by atoms with Crippen LogP contribution in [0.4, 0.5) is 0 Å². The fourth-order valence-electron chi connectivity index (χ4n) is 7.22. The average Bonchev–Trinajstić information content (AvgIpc) is 3.18. The minimum Gasteiger partial charge on any atom is -0.462 e. The molecule has 326 valence electrons. The van der Waals surface area contributed by atoms with E-state index in [-0.39, 0.29) is 31.1 Å². The van der Waals surface area contributed by atoms with Crippen molar-refractivity contribution in [3.8, 4) is 0 Å². The maximum atomic E-state index is 12.7. The Morgan fingerprint density at radius 2 is 0.636 bits per heavy atom. The first-order valence-corrected chi connectivity index (χ1v) is 24.3. The lowest BCUT2D eigenvalue weighted by Crippen LogP contribution is -2.30. The molecule has 0 amide bonds. The molecule has 0 saturated heterocycles. The zero-order valence-electron chi connectivity index (χ0n) is 37.6. The van der Waals surface area contributed by atoms with Crippen LogP contribution in [0.2, 0.25) is 0 Å². The number of hydrogen-bond acceptors (Lipinski definition) is 6. The largest absolute Gasteiger partial charge is 0.462 e. The van der Waals surface area contributed by atoms with Crippen LogP contribution in [0.15, 0.2) is 0 Å². The molecule has 6 heteroatoms. The second-order valence-electron chi connectivity index (χ2n) is 17.2. The molecular weight excluding hydrogens is 685 g/mol. The molecule has 0 aliphatic carbocycles. The Labute approximate surface area is 342 Å². The van der Waals surface area contributed by atoms with Crippen LogP contribution in [0, 0.1) is 11.8 Å². The van der Waals surface area contributed by atoms with Crippen molar-refractivity contribution in [3.05, 3.63) is 0 Å². The van der Waals surface area contributed by atoms with E-state index in [9.17, 15) is 14.4 Å². The molecule has 0 aromatic rings. The number of rotatable bonds is 43. The van der Waals surface area contributed by atoms with Crippen molar-refractivity contribution in [1.29, 1.82) is 0 Å². The number of carbonyl (C=O) groups is 3. The molecule has 6 nitrogen and oxygen atoms in total. The normalized spacial score (nSPS) is 13.0. The zero-order chi connectivity index (χ0) is 40.5. The molecule has 0 aromatic carbocycles. The molecule has 0 saturated carbocycles. The van der Waals surface area contributed by atoms with E-state index in [0.29, 0.717) is 19.3 Å². The molecule has 55 heavy (non-hydrogen) atoms. The summed E-state index contributed by atoms with van der Waals surface area (Å²) in [7, 11) is 0. The summed E-state index contributed by atoms with van der Waals surface area (Å²) in [4.78, 5) is 37.8. The van der Waals surface area contributed by atoms with E-state index in [4.69, 9.17) is 14.2 Å².